The van der Waals surface area contributed by atoms with Crippen LogP contribution in [-0.2, 0) is 16.3 Å². The van der Waals surface area contributed by atoms with E-state index in [0.29, 0.717) is 5.92 Å². The van der Waals surface area contributed by atoms with Crippen molar-refractivity contribution < 1.29 is 8.42 Å². The first-order valence-corrected chi connectivity index (χ1v) is 9.80. The molecule has 0 spiro atoms. The zero-order valence-electron chi connectivity index (χ0n) is 11.1. The maximum absolute atomic E-state index is 11.4. The monoisotopic (exact) mass is 366 g/mol. The van der Waals surface area contributed by atoms with Crippen molar-refractivity contribution in [3.05, 3.63) is 34.9 Å². The van der Waals surface area contributed by atoms with E-state index < -0.39 is 9.84 Å². The number of hydrogen-bond acceptors (Lipinski definition) is 2. The van der Waals surface area contributed by atoms with Crippen LogP contribution in [0.4, 0.5) is 0 Å². The summed E-state index contributed by atoms with van der Waals surface area (Å²) in [5, 5.41) is 1.65. The van der Waals surface area contributed by atoms with Crippen LogP contribution in [0.2, 0.25) is 5.02 Å². The van der Waals surface area contributed by atoms with E-state index >= 15 is 0 Å². The molecule has 0 aliphatic heterocycles. The Morgan fingerprint density at radius 1 is 1.32 bits per heavy atom. The molecule has 2 nitrogen and oxygen atoms in total. The van der Waals surface area contributed by atoms with Gasteiger partial charge in [0, 0.05) is 16.1 Å². The van der Waals surface area contributed by atoms with Gasteiger partial charge in [-0.05, 0) is 36.8 Å². The minimum Gasteiger partial charge on any atom is -0.229 e. The zero-order chi connectivity index (χ0) is 14.3. The molecule has 0 fully saturated rings. The van der Waals surface area contributed by atoms with E-state index in [2.05, 4.69) is 15.9 Å². The highest BCUT2D eigenvalue weighted by Crippen LogP contribution is 2.22. The van der Waals surface area contributed by atoms with Crippen LogP contribution in [0.5, 0.6) is 0 Å². The second kappa shape index (κ2) is 8.28. The second-order valence-electron chi connectivity index (χ2n) is 4.69. The van der Waals surface area contributed by atoms with Crippen molar-refractivity contribution in [2.24, 2.45) is 5.92 Å². The van der Waals surface area contributed by atoms with Gasteiger partial charge in [-0.25, -0.2) is 8.42 Å². The Bertz CT molecular complexity index is 488. The SMILES string of the molecule is CCS(=O)(=O)CCCC(CBr)Cc1ccccc1Cl. The van der Waals surface area contributed by atoms with E-state index in [0.717, 1.165) is 35.2 Å². The van der Waals surface area contributed by atoms with Gasteiger partial charge >= 0.3 is 0 Å². The average Bonchev–Trinajstić information content (AvgIpc) is 2.39. The summed E-state index contributed by atoms with van der Waals surface area (Å²) in [6.07, 6.45) is 2.50. The van der Waals surface area contributed by atoms with Crippen LogP contribution in [0.3, 0.4) is 0 Å². The highest BCUT2D eigenvalue weighted by atomic mass is 79.9. The molecule has 1 atom stereocenters. The van der Waals surface area contributed by atoms with Crippen molar-refractivity contribution in [1.82, 2.24) is 0 Å². The molecule has 0 N–H and O–H groups in total. The fourth-order valence-electron chi connectivity index (χ4n) is 1.94. The van der Waals surface area contributed by atoms with Gasteiger partial charge in [0.05, 0.1) is 5.75 Å². The van der Waals surface area contributed by atoms with Crippen molar-refractivity contribution in [3.63, 3.8) is 0 Å². The zero-order valence-corrected chi connectivity index (χ0v) is 14.3. The van der Waals surface area contributed by atoms with E-state index in [9.17, 15) is 8.42 Å². The summed E-state index contributed by atoms with van der Waals surface area (Å²) in [7, 11) is -2.85. The molecule has 0 saturated carbocycles. The van der Waals surface area contributed by atoms with Gasteiger partial charge in [-0.3, -0.25) is 0 Å². The van der Waals surface area contributed by atoms with Crippen molar-refractivity contribution in [1.29, 1.82) is 0 Å². The van der Waals surface area contributed by atoms with Crippen LogP contribution in [-0.4, -0.2) is 25.3 Å². The second-order valence-corrected chi connectivity index (χ2v) is 8.22. The Morgan fingerprint density at radius 2 is 2.00 bits per heavy atom. The molecule has 0 aromatic heterocycles. The maximum Gasteiger partial charge on any atom is 0.150 e. The molecular formula is C14H20BrClO2S. The number of benzene rings is 1. The van der Waals surface area contributed by atoms with E-state index in [4.69, 9.17) is 11.6 Å². The van der Waals surface area contributed by atoms with Crippen molar-refractivity contribution >= 4 is 37.4 Å². The molecule has 0 amide bonds. The van der Waals surface area contributed by atoms with E-state index in [1.165, 1.54) is 0 Å². The number of alkyl halides is 1. The van der Waals surface area contributed by atoms with Crippen LogP contribution >= 0.6 is 27.5 Å². The lowest BCUT2D eigenvalue weighted by atomic mass is 9.97. The summed E-state index contributed by atoms with van der Waals surface area (Å²) in [5.74, 6) is 0.943. The predicted octanol–water partition coefficient (Wildman–Crippen LogP) is 4.11. The Morgan fingerprint density at radius 3 is 2.58 bits per heavy atom. The minimum atomic E-state index is -2.85. The van der Waals surface area contributed by atoms with Crippen LogP contribution in [0.15, 0.2) is 24.3 Å². The molecule has 19 heavy (non-hydrogen) atoms. The summed E-state index contributed by atoms with van der Waals surface area (Å²) < 4.78 is 22.9. The highest BCUT2D eigenvalue weighted by molar-refractivity contribution is 9.09. The summed E-state index contributed by atoms with van der Waals surface area (Å²) in [5.41, 5.74) is 1.13. The lowest BCUT2D eigenvalue weighted by Crippen LogP contribution is -2.12. The fourth-order valence-corrected chi connectivity index (χ4v) is 3.61. The minimum absolute atomic E-state index is 0.233. The first kappa shape index (κ1) is 17.0. The van der Waals surface area contributed by atoms with Crippen LogP contribution < -0.4 is 0 Å². The van der Waals surface area contributed by atoms with Gasteiger partial charge in [0.25, 0.3) is 0 Å². The summed E-state index contributed by atoms with van der Waals surface area (Å²) in [6, 6.07) is 7.82. The topological polar surface area (TPSA) is 34.1 Å². The molecule has 0 bridgehead atoms. The molecule has 1 unspecified atom stereocenters. The Labute approximate surface area is 129 Å². The first-order valence-electron chi connectivity index (χ1n) is 6.48. The van der Waals surface area contributed by atoms with Gasteiger partial charge in [-0.2, -0.15) is 0 Å². The number of hydrogen-bond donors (Lipinski definition) is 0. The maximum atomic E-state index is 11.4. The van der Waals surface area contributed by atoms with Crippen molar-refractivity contribution in [2.45, 2.75) is 26.2 Å². The smallest absolute Gasteiger partial charge is 0.150 e. The van der Waals surface area contributed by atoms with Gasteiger partial charge in [0.2, 0.25) is 0 Å². The fraction of sp³-hybridized carbons (Fsp3) is 0.571. The van der Waals surface area contributed by atoms with Gasteiger partial charge in [-0.1, -0.05) is 52.7 Å². The molecule has 0 saturated heterocycles. The largest absolute Gasteiger partial charge is 0.229 e. The molecule has 1 rings (SSSR count). The number of sulfone groups is 1. The quantitative estimate of drug-likeness (QED) is 0.648. The third kappa shape index (κ3) is 6.28. The third-order valence-electron chi connectivity index (χ3n) is 3.19. The molecule has 0 radical (unpaired) electrons. The normalized spacial score (nSPS) is 13.4. The molecule has 1 aromatic carbocycles. The molecule has 0 aliphatic rings. The summed E-state index contributed by atoms with van der Waals surface area (Å²) in [6.45, 7) is 1.70. The van der Waals surface area contributed by atoms with E-state index in [1.807, 2.05) is 24.3 Å². The summed E-state index contributed by atoms with van der Waals surface area (Å²) in [4.78, 5) is 0. The van der Waals surface area contributed by atoms with Gasteiger partial charge in [0.1, 0.15) is 9.84 Å². The van der Waals surface area contributed by atoms with Crippen molar-refractivity contribution in [3.8, 4) is 0 Å². The molecule has 1 aromatic rings. The predicted molar refractivity (Wildman–Crippen MR) is 86.0 cm³/mol. The van der Waals surface area contributed by atoms with Gasteiger partial charge in [0.15, 0.2) is 0 Å². The lowest BCUT2D eigenvalue weighted by molar-refractivity contribution is 0.528. The molecule has 108 valence electrons. The Kier molecular flexibility index (Phi) is 7.40. The highest BCUT2D eigenvalue weighted by Gasteiger charge is 2.13. The molecule has 5 heteroatoms. The third-order valence-corrected chi connectivity index (χ3v) is 6.27. The van der Waals surface area contributed by atoms with Crippen LogP contribution in [0.25, 0.3) is 0 Å². The Balaban J connectivity index is 2.49. The van der Waals surface area contributed by atoms with E-state index in [-0.39, 0.29) is 11.5 Å². The average molecular weight is 368 g/mol. The van der Waals surface area contributed by atoms with Gasteiger partial charge < -0.3 is 0 Å². The van der Waals surface area contributed by atoms with Crippen LogP contribution in [0, 0.1) is 5.92 Å². The van der Waals surface area contributed by atoms with E-state index in [1.54, 1.807) is 6.92 Å². The standard InChI is InChI=1S/C14H20BrClO2S/c1-2-19(17,18)9-5-6-12(11-15)10-13-7-3-4-8-14(13)16/h3-4,7-8,12H,2,5-6,9-11H2,1H3. The number of rotatable bonds is 8. The first-order chi connectivity index (χ1) is 8.98. The summed E-state index contributed by atoms with van der Waals surface area (Å²) >= 11 is 9.65. The lowest BCUT2D eigenvalue weighted by Gasteiger charge is -2.14. The molecular weight excluding hydrogens is 348 g/mol. The van der Waals surface area contributed by atoms with Crippen molar-refractivity contribution in [2.75, 3.05) is 16.8 Å². The number of halogens is 2. The van der Waals surface area contributed by atoms with Crippen LogP contribution in [0.1, 0.15) is 25.3 Å². The molecule has 0 heterocycles. The Hall–Kier alpha value is -0.0600. The van der Waals surface area contributed by atoms with Gasteiger partial charge in [-0.15, -0.1) is 0 Å². The molecule has 0 aliphatic carbocycles.